The van der Waals surface area contributed by atoms with Gasteiger partial charge in [0, 0.05) is 25.0 Å². The quantitative estimate of drug-likeness (QED) is 0.789. The van der Waals surface area contributed by atoms with Crippen molar-refractivity contribution in [3.63, 3.8) is 0 Å². The molecule has 17 heavy (non-hydrogen) atoms. The number of hydrogen-bond donors (Lipinski definition) is 1. The van der Waals surface area contributed by atoms with Crippen molar-refractivity contribution < 1.29 is 0 Å². The third-order valence-electron chi connectivity index (χ3n) is 3.80. The van der Waals surface area contributed by atoms with Crippen LogP contribution in [0, 0.1) is 5.92 Å². The van der Waals surface area contributed by atoms with Gasteiger partial charge in [0.25, 0.3) is 0 Å². The molecule has 0 saturated heterocycles. The van der Waals surface area contributed by atoms with E-state index in [2.05, 4.69) is 28.4 Å². The fourth-order valence-corrected chi connectivity index (χ4v) is 2.63. The maximum atomic E-state index is 4.37. The Morgan fingerprint density at radius 2 is 2.24 bits per heavy atom. The number of allylic oxidation sites excluding steroid dienone is 1. The second-order valence-corrected chi connectivity index (χ2v) is 4.96. The molecule has 1 saturated carbocycles. The molecule has 2 rings (SSSR count). The normalized spacial score (nSPS) is 24.5. The monoisotopic (exact) mass is 233 g/mol. The van der Waals surface area contributed by atoms with Crippen LogP contribution in [0.2, 0.25) is 0 Å². The van der Waals surface area contributed by atoms with Crippen molar-refractivity contribution in [3.05, 3.63) is 25.0 Å². The molecule has 0 spiro atoms. The van der Waals surface area contributed by atoms with Crippen molar-refractivity contribution in [3.8, 4) is 0 Å². The molecule has 0 aliphatic heterocycles. The maximum Gasteiger partial charge on any atom is 0.203 e. The molecule has 3 nitrogen and oxygen atoms in total. The average molecular weight is 233 g/mol. The summed E-state index contributed by atoms with van der Waals surface area (Å²) in [4.78, 5) is 4.37. The highest BCUT2D eigenvalue weighted by atomic mass is 15.2. The number of anilines is 1. The summed E-state index contributed by atoms with van der Waals surface area (Å²) in [6, 6.07) is 0.601. The summed E-state index contributed by atoms with van der Waals surface area (Å²) in [5.41, 5.74) is 0. The Hall–Kier alpha value is -1.25. The van der Waals surface area contributed by atoms with Gasteiger partial charge in [-0.2, -0.15) is 0 Å². The molecule has 1 aromatic heterocycles. The largest absolute Gasteiger partial charge is 0.353 e. The molecule has 3 heteroatoms. The van der Waals surface area contributed by atoms with Crippen molar-refractivity contribution in [2.45, 2.75) is 51.6 Å². The van der Waals surface area contributed by atoms with E-state index in [-0.39, 0.29) is 0 Å². The van der Waals surface area contributed by atoms with Crippen molar-refractivity contribution in [1.82, 2.24) is 9.55 Å². The molecule has 0 bridgehead atoms. The Labute approximate surface area is 104 Å². The molecule has 1 aromatic rings. The number of hydrogen-bond acceptors (Lipinski definition) is 2. The van der Waals surface area contributed by atoms with Crippen LogP contribution in [0.25, 0.3) is 0 Å². The topological polar surface area (TPSA) is 29.9 Å². The first-order valence-electron chi connectivity index (χ1n) is 6.72. The molecule has 0 aromatic carbocycles. The zero-order valence-corrected chi connectivity index (χ0v) is 10.7. The Morgan fingerprint density at radius 3 is 2.88 bits per heavy atom. The van der Waals surface area contributed by atoms with Gasteiger partial charge in [-0.15, -0.1) is 6.58 Å². The zero-order valence-electron chi connectivity index (χ0n) is 10.7. The van der Waals surface area contributed by atoms with Crippen molar-refractivity contribution in [2.75, 3.05) is 5.32 Å². The summed E-state index contributed by atoms with van der Waals surface area (Å²) >= 11 is 0. The highest BCUT2D eigenvalue weighted by Gasteiger charge is 2.20. The Kier molecular flexibility index (Phi) is 4.24. The van der Waals surface area contributed by atoms with Gasteiger partial charge in [-0.05, 0) is 31.6 Å². The highest BCUT2D eigenvalue weighted by Crippen LogP contribution is 2.28. The number of aromatic nitrogens is 2. The van der Waals surface area contributed by atoms with E-state index in [0.717, 1.165) is 18.4 Å². The van der Waals surface area contributed by atoms with Crippen LogP contribution >= 0.6 is 0 Å². The van der Waals surface area contributed by atoms with Gasteiger partial charge in [-0.25, -0.2) is 4.98 Å². The van der Waals surface area contributed by atoms with Gasteiger partial charge >= 0.3 is 0 Å². The van der Waals surface area contributed by atoms with Gasteiger partial charge in [0.05, 0.1) is 0 Å². The first kappa shape index (κ1) is 12.2. The summed E-state index contributed by atoms with van der Waals surface area (Å²) in [5, 5.41) is 3.56. The van der Waals surface area contributed by atoms with Gasteiger partial charge < -0.3 is 9.88 Å². The Bertz CT molecular complexity index is 348. The zero-order chi connectivity index (χ0) is 12.1. The van der Waals surface area contributed by atoms with E-state index < -0.39 is 0 Å². The van der Waals surface area contributed by atoms with E-state index in [9.17, 15) is 0 Å². The van der Waals surface area contributed by atoms with Gasteiger partial charge in [0.2, 0.25) is 5.95 Å². The van der Waals surface area contributed by atoms with E-state index in [0.29, 0.717) is 6.04 Å². The number of rotatable bonds is 5. The van der Waals surface area contributed by atoms with Crippen molar-refractivity contribution in [2.24, 2.45) is 5.92 Å². The second kappa shape index (κ2) is 5.89. The summed E-state index contributed by atoms with van der Waals surface area (Å²) in [6.07, 6.45) is 12.4. The lowest BCUT2D eigenvalue weighted by Gasteiger charge is -2.28. The minimum absolute atomic E-state index is 0.601. The molecule has 0 amide bonds. The smallest absolute Gasteiger partial charge is 0.203 e. The van der Waals surface area contributed by atoms with E-state index in [4.69, 9.17) is 0 Å². The van der Waals surface area contributed by atoms with E-state index in [1.54, 1.807) is 0 Å². The minimum atomic E-state index is 0.601. The lowest BCUT2D eigenvalue weighted by molar-refractivity contribution is 0.329. The number of nitrogens with one attached hydrogen (secondary N) is 1. The first-order chi connectivity index (χ1) is 8.33. The molecular formula is C14H23N3. The van der Waals surface area contributed by atoms with Crippen LogP contribution in [0.5, 0.6) is 0 Å². The van der Waals surface area contributed by atoms with Crippen molar-refractivity contribution >= 4 is 5.95 Å². The Balaban J connectivity index is 1.88. The molecule has 1 aliphatic rings. The lowest BCUT2D eigenvalue weighted by Crippen LogP contribution is -2.27. The van der Waals surface area contributed by atoms with E-state index in [1.165, 1.54) is 32.1 Å². The van der Waals surface area contributed by atoms with Crippen LogP contribution in [-0.4, -0.2) is 15.6 Å². The average Bonchev–Trinajstić information content (AvgIpc) is 2.78. The predicted molar refractivity (Wildman–Crippen MR) is 72.1 cm³/mol. The number of imidazole rings is 1. The van der Waals surface area contributed by atoms with Crippen LogP contribution < -0.4 is 5.32 Å². The van der Waals surface area contributed by atoms with Crippen LogP contribution in [-0.2, 0) is 6.54 Å². The Morgan fingerprint density at radius 1 is 1.47 bits per heavy atom. The standard InChI is InChI=1S/C14H23N3/c1-3-10-17-11-9-15-14(17)16-13-7-5-12(4-2)6-8-13/h3,9,11-13H,1,4-8,10H2,2H3,(H,15,16). The van der Waals surface area contributed by atoms with E-state index in [1.807, 2.05) is 18.5 Å². The molecule has 0 unspecified atom stereocenters. The number of nitrogens with zero attached hydrogens (tertiary/aromatic N) is 2. The summed E-state index contributed by atoms with van der Waals surface area (Å²) in [7, 11) is 0. The fraction of sp³-hybridized carbons (Fsp3) is 0.643. The fourth-order valence-electron chi connectivity index (χ4n) is 2.63. The molecule has 0 atom stereocenters. The van der Waals surface area contributed by atoms with Gasteiger partial charge in [-0.3, -0.25) is 0 Å². The molecule has 1 heterocycles. The van der Waals surface area contributed by atoms with Gasteiger partial charge in [-0.1, -0.05) is 19.4 Å². The lowest BCUT2D eigenvalue weighted by atomic mass is 9.85. The third-order valence-corrected chi connectivity index (χ3v) is 3.80. The summed E-state index contributed by atoms with van der Waals surface area (Å²) < 4.78 is 2.11. The van der Waals surface area contributed by atoms with Crippen LogP contribution in [0.4, 0.5) is 5.95 Å². The molecule has 94 valence electrons. The predicted octanol–water partition coefficient (Wildman–Crippen LogP) is 3.45. The van der Waals surface area contributed by atoms with Gasteiger partial charge in [0.15, 0.2) is 0 Å². The van der Waals surface area contributed by atoms with E-state index >= 15 is 0 Å². The minimum Gasteiger partial charge on any atom is -0.353 e. The van der Waals surface area contributed by atoms with Crippen LogP contribution in [0.15, 0.2) is 25.0 Å². The summed E-state index contributed by atoms with van der Waals surface area (Å²) in [6.45, 7) is 6.89. The molecule has 1 aliphatic carbocycles. The summed E-state index contributed by atoms with van der Waals surface area (Å²) in [5.74, 6) is 1.94. The van der Waals surface area contributed by atoms with Gasteiger partial charge in [0.1, 0.15) is 0 Å². The maximum absolute atomic E-state index is 4.37. The third kappa shape index (κ3) is 3.11. The second-order valence-electron chi connectivity index (χ2n) is 4.96. The molecule has 0 radical (unpaired) electrons. The van der Waals surface area contributed by atoms with Crippen molar-refractivity contribution in [1.29, 1.82) is 0 Å². The molecule has 1 N–H and O–H groups in total. The molecule has 1 fully saturated rings. The molecular weight excluding hydrogens is 210 g/mol. The first-order valence-corrected chi connectivity index (χ1v) is 6.72. The highest BCUT2D eigenvalue weighted by molar-refractivity contribution is 5.28. The SMILES string of the molecule is C=CCn1ccnc1NC1CCC(CC)CC1. The van der Waals surface area contributed by atoms with Crippen LogP contribution in [0.3, 0.4) is 0 Å². The van der Waals surface area contributed by atoms with Crippen LogP contribution in [0.1, 0.15) is 39.0 Å².